The largest absolute Gasteiger partial charge is 0.495 e. The van der Waals surface area contributed by atoms with Crippen LogP contribution in [0.15, 0.2) is 53.5 Å². The molecule has 0 aliphatic rings. The monoisotopic (exact) mass is 401 g/mol. The molecule has 1 amide bonds. The van der Waals surface area contributed by atoms with Gasteiger partial charge < -0.3 is 15.8 Å². The molecular weight excluding hydrogens is 386 g/mol. The number of carbonyl (C=O) groups is 1. The number of rotatable bonds is 5. The van der Waals surface area contributed by atoms with E-state index in [1.54, 1.807) is 30.3 Å². The fourth-order valence-corrected chi connectivity index (χ4v) is 2.87. The first kappa shape index (κ1) is 17.0. The van der Waals surface area contributed by atoms with Crippen molar-refractivity contribution in [1.82, 2.24) is 14.8 Å². The van der Waals surface area contributed by atoms with E-state index in [0.29, 0.717) is 33.7 Å². The maximum Gasteiger partial charge on any atom is 0.257 e. The molecule has 1 heterocycles. The number of methoxy groups -OCH3 is 1. The Labute approximate surface area is 152 Å². The van der Waals surface area contributed by atoms with Crippen LogP contribution in [0, 0.1) is 0 Å². The number of nitrogens with one attached hydrogen (secondary N) is 1. The number of ether oxygens (including phenoxy) is 1. The minimum Gasteiger partial charge on any atom is -0.495 e. The second-order valence-electron chi connectivity index (χ2n) is 5.32. The van der Waals surface area contributed by atoms with Gasteiger partial charge in [0.25, 0.3) is 5.91 Å². The number of nitrogen functional groups attached to an aromatic ring is 1. The molecule has 0 spiro atoms. The van der Waals surface area contributed by atoms with E-state index in [1.165, 1.54) is 6.33 Å². The Bertz CT molecular complexity index is 896. The Kier molecular flexibility index (Phi) is 4.99. The highest BCUT2D eigenvalue weighted by Gasteiger charge is 2.14. The number of nitrogens with two attached hydrogens (primary N) is 1. The number of hydrogen-bond acceptors (Lipinski definition) is 5. The highest BCUT2D eigenvalue weighted by atomic mass is 79.9. The first-order chi connectivity index (χ1) is 12.1. The Balaban J connectivity index is 1.78. The molecule has 0 unspecified atom stereocenters. The van der Waals surface area contributed by atoms with Gasteiger partial charge in [0.05, 0.1) is 23.7 Å². The van der Waals surface area contributed by atoms with Gasteiger partial charge in [0, 0.05) is 17.4 Å². The Morgan fingerprint density at radius 1 is 1.36 bits per heavy atom. The first-order valence-corrected chi connectivity index (χ1v) is 8.22. The molecule has 0 aliphatic heterocycles. The van der Waals surface area contributed by atoms with E-state index in [1.807, 2.05) is 24.3 Å². The molecule has 3 N–H and O–H groups in total. The third-order valence-corrected chi connectivity index (χ3v) is 4.18. The summed E-state index contributed by atoms with van der Waals surface area (Å²) in [4.78, 5) is 16.4. The zero-order valence-corrected chi connectivity index (χ0v) is 15.0. The summed E-state index contributed by atoms with van der Waals surface area (Å²) in [6.45, 7) is 0.569. The van der Waals surface area contributed by atoms with Crippen molar-refractivity contribution in [2.45, 2.75) is 6.54 Å². The van der Waals surface area contributed by atoms with E-state index in [0.717, 1.165) is 5.56 Å². The predicted molar refractivity (Wildman–Crippen MR) is 98.6 cm³/mol. The summed E-state index contributed by atoms with van der Waals surface area (Å²) >= 11 is 3.36. The highest BCUT2D eigenvalue weighted by molar-refractivity contribution is 9.10. The topological polar surface area (TPSA) is 95.1 Å². The van der Waals surface area contributed by atoms with Gasteiger partial charge in [-0.2, -0.15) is 5.10 Å². The molecule has 0 bridgehead atoms. The summed E-state index contributed by atoms with van der Waals surface area (Å²) in [6.07, 6.45) is 3.12. The molecule has 1 aromatic heterocycles. The Morgan fingerprint density at radius 3 is 2.92 bits per heavy atom. The van der Waals surface area contributed by atoms with Crippen molar-refractivity contribution in [1.29, 1.82) is 0 Å². The Morgan fingerprint density at radius 2 is 2.20 bits per heavy atom. The van der Waals surface area contributed by atoms with Gasteiger partial charge in [-0.15, -0.1) is 0 Å². The van der Waals surface area contributed by atoms with Crippen LogP contribution in [0.4, 0.5) is 11.4 Å². The zero-order valence-electron chi connectivity index (χ0n) is 13.4. The average molecular weight is 402 g/mol. The van der Waals surface area contributed by atoms with Crippen LogP contribution < -0.4 is 15.8 Å². The number of halogens is 1. The molecule has 7 nitrogen and oxygen atoms in total. The fraction of sp³-hybridized carbons (Fsp3) is 0.118. The van der Waals surface area contributed by atoms with Crippen LogP contribution in [-0.2, 0) is 6.54 Å². The van der Waals surface area contributed by atoms with Crippen LogP contribution >= 0.6 is 15.9 Å². The van der Waals surface area contributed by atoms with Crippen molar-refractivity contribution < 1.29 is 9.53 Å². The minimum absolute atomic E-state index is 0.293. The van der Waals surface area contributed by atoms with Crippen LogP contribution in [0.25, 0.3) is 0 Å². The van der Waals surface area contributed by atoms with E-state index in [4.69, 9.17) is 10.5 Å². The highest BCUT2D eigenvalue weighted by Crippen LogP contribution is 2.30. The van der Waals surface area contributed by atoms with Crippen molar-refractivity contribution in [2.75, 3.05) is 18.2 Å². The third-order valence-electron chi connectivity index (χ3n) is 3.56. The van der Waals surface area contributed by atoms with E-state index in [2.05, 4.69) is 31.3 Å². The molecular formula is C17H16BrN5O2. The standard InChI is InChI=1S/C17H16BrN5O2/c1-25-16-7-15(19)13(6-14(16)18)17(24)22-12-4-2-3-11(5-12)8-23-10-20-9-21-23/h2-7,9-10H,8,19H2,1H3,(H,22,24). The van der Waals surface area contributed by atoms with E-state index in [9.17, 15) is 4.79 Å². The number of aromatic nitrogens is 3. The van der Waals surface area contributed by atoms with Gasteiger partial charge in [0.1, 0.15) is 18.4 Å². The fourth-order valence-electron chi connectivity index (χ4n) is 2.37. The molecule has 3 rings (SSSR count). The number of hydrogen-bond donors (Lipinski definition) is 2. The van der Waals surface area contributed by atoms with Gasteiger partial charge in [0.15, 0.2) is 0 Å². The molecule has 0 atom stereocenters. The lowest BCUT2D eigenvalue weighted by atomic mass is 10.1. The van der Waals surface area contributed by atoms with Crippen LogP contribution in [0.2, 0.25) is 0 Å². The number of carbonyl (C=O) groups excluding carboxylic acids is 1. The SMILES string of the molecule is COc1cc(N)c(C(=O)Nc2cccc(Cn3cncn3)c2)cc1Br. The summed E-state index contributed by atoms with van der Waals surface area (Å²) < 4.78 is 7.54. The van der Waals surface area contributed by atoms with Gasteiger partial charge in [0.2, 0.25) is 0 Å². The van der Waals surface area contributed by atoms with Crippen LogP contribution in [0.3, 0.4) is 0 Å². The summed E-state index contributed by atoms with van der Waals surface area (Å²) in [5.41, 5.74) is 8.34. The maximum absolute atomic E-state index is 12.5. The predicted octanol–water partition coefficient (Wildman–Crippen LogP) is 2.93. The minimum atomic E-state index is -0.293. The molecule has 3 aromatic rings. The van der Waals surface area contributed by atoms with Gasteiger partial charge in [-0.1, -0.05) is 12.1 Å². The molecule has 25 heavy (non-hydrogen) atoms. The maximum atomic E-state index is 12.5. The molecule has 0 saturated heterocycles. The number of amides is 1. The molecule has 8 heteroatoms. The zero-order chi connectivity index (χ0) is 17.8. The lowest BCUT2D eigenvalue weighted by molar-refractivity contribution is 0.102. The van der Waals surface area contributed by atoms with Crippen LogP contribution in [-0.4, -0.2) is 27.8 Å². The van der Waals surface area contributed by atoms with E-state index < -0.39 is 0 Å². The summed E-state index contributed by atoms with van der Waals surface area (Å²) in [5.74, 6) is 0.280. The van der Waals surface area contributed by atoms with Gasteiger partial charge in [-0.05, 0) is 39.7 Å². The van der Waals surface area contributed by atoms with E-state index in [-0.39, 0.29) is 5.91 Å². The van der Waals surface area contributed by atoms with Crippen molar-refractivity contribution in [3.05, 3.63) is 64.7 Å². The van der Waals surface area contributed by atoms with Crippen molar-refractivity contribution in [3.8, 4) is 5.75 Å². The lowest BCUT2D eigenvalue weighted by Crippen LogP contribution is -2.14. The molecule has 0 saturated carbocycles. The number of anilines is 2. The van der Waals surface area contributed by atoms with Crippen molar-refractivity contribution in [2.24, 2.45) is 0 Å². The van der Waals surface area contributed by atoms with Crippen molar-refractivity contribution >= 4 is 33.2 Å². The second-order valence-corrected chi connectivity index (χ2v) is 6.18. The lowest BCUT2D eigenvalue weighted by Gasteiger charge is -2.11. The molecule has 128 valence electrons. The molecule has 0 aliphatic carbocycles. The quantitative estimate of drug-likeness (QED) is 0.640. The molecule has 0 fully saturated rings. The summed E-state index contributed by atoms with van der Waals surface area (Å²) in [6, 6.07) is 10.8. The number of benzene rings is 2. The molecule has 0 radical (unpaired) electrons. The van der Waals surface area contributed by atoms with Gasteiger partial charge in [-0.3, -0.25) is 4.79 Å². The van der Waals surface area contributed by atoms with E-state index >= 15 is 0 Å². The molecule has 2 aromatic carbocycles. The summed E-state index contributed by atoms with van der Waals surface area (Å²) in [5, 5.41) is 6.93. The van der Waals surface area contributed by atoms with Crippen molar-refractivity contribution in [3.63, 3.8) is 0 Å². The Hall–Kier alpha value is -2.87. The number of nitrogens with zero attached hydrogens (tertiary/aromatic N) is 3. The normalized spacial score (nSPS) is 10.5. The van der Waals surface area contributed by atoms with Gasteiger partial charge >= 0.3 is 0 Å². The van der Waals surface area contributed by atoms with Crippen LogP contribution in [0.5, 0.6) is 5.75 Å². The first-order valence-electron chi connectivity index (χ1n) is 7.42. The summed E-state index contributed by atoms with van der Waals surface area (Å²) in [7, 11) is 1.54. The third kappa shape index (κ3) is 3.97. The smallest absolute Gasteiger partial charge is 0.257 e. The van der Waals surface area contributed by atoms with Gasteiger partial charge in [-0.25, -0.2) is 9.67 Å². The van der Waals surface area contributed by atoms with Crippen LogP contribution in [0.1, 0.15) is 15.9 Å². The second kappa shape index (κ2) is 7.35. The average Bonchev–Trinajstić information content (AvgIpc) is 3.09.